The number of H-pyrrole nitrogens is 5. The Balaban J connectivity index is 0.000000240. The fourth-order valence-electron chi connectivity index (χ4n) is 13.8. The van der Waals surface area contributed by atoms with Crippen LogP contribution >= 0.6 is 58.9 Å². The highest BCUT2D eigenvalue weighted by Crippen LogP contribution is 2.45. The lowest BCUT2D eigenvalue weighted by Crippen LogP contribution is -2.39. The topological polar surface area (TPSA) is 562 Å². The Morgan fingerprint density at radius 1 is 0.387 bits per heavy atom. The zero-order chi connectivity index (χ0) is 93.7. The molecule has 10 rings (SSSR count). The number of hydrogen-bond donors (Lipinski definition) is 16. The van der Waals surface area contributed by atoms with Crippen molar-refractivity contribution in [2.24, 2.45) is 0 Å². The van der Waals surface area contributed by atoms with E-state index in [1.807, 2.05) is 18.3 Å². The summed E-state index contributed by atoms with van der Waals surface area (Å²) in [5.41, 5.74) is -3.66. The summed E-state index contributed by atoms with van der Waals surface area (Å²) in [6.07, 6.45) is 15.5. The van der Waals surface area contributed by atoms with Crippen molar-refractivity contribution in [3.05, 3.63) is 146 Å². The van der Waals surface area contributed by atoms with Crippen LogP contribution in [0.25, 0.3) is 0 Å². The maximum absolute atomic E-state index is 12.3. The van der Waals surface area contributed by atoms with Gasteiger partial charge in [-0.2, -0.15) is 0 Å². The number of aliphatic hydroxyl groups excluding tert-OH is 9. The van der Waals surface area contributed by atoms with Gasteiger partial charge in [0.2, 0.25) is 5.75 Å². The van der Waals surface area contributed by atoms with E-state index in [1.165, 1.54) is 53.2 Å². The molecule has 0 radical (unpaired) electrons. The number of aromatic nitrogens is 10. The Bertz CT molecular complexity index is 5200. The number of rotatable bonds is 30. The second kappa shape index (κ2) is 45.4. The molecule has 0 bridgehead atoms. The number of hydrogen-bond acceptors (Lipinski definition) is 31. The van der Waals surface area contributed by atoms with Crippen molar-refractivity contribution in [3.63, 3.8) is 0 Å². The van der Waals surface area contributed by atoms with Crippen molar-refractivity contribution in [1.82, 2.24) is 58.4 Å². The number of ether oxygens (including phenoxy) is 7. The number of methoxy groups -OCH3 is 1. The lowest BCUT2D eigenvalue weighted by molar-refractivity contribution is -0.132. The van der Waals surface area contributed by atoms with Gasteiger partial charge in [-0.3, -0.25) is 86.1 Å². The normalized spacial score (nSPS) is 26.9. The molecule has 0 spiro atoms. The monoisotopic (exact) mass is 1880 g/mol. The Morgan fingerprint density at radius 2 is 0.637 bits per heavy atom. The zero-order valence-electron chi connectivity index (χ0n) is 73.0. The van der Waals surface area contributed by atoms with Gasteiger partial charge in [0.25, 0.3) is 27.8 Å². The van der Waals surface area contributed by atoms with Crippen molar-refractivity contribution < 1.29 is 93.5 Å². The summed E-state index contributed by atoms with van der Waals surface area (Å²) in [6.45, 7) is 18.9. The largest absolute Gasteiger partial charge is 0.419 e. The van der Waals surface area contributed by atoms with Crippen LogP contribution in [-0.2, 0) is 68.7 Å². The van der Waals surface area contributed by atoms with Crippen LogP contribution in [0.5, 0.6) is 5.75 Å². The first-order valence-electron chi connectivity index (χ1n) is 39.8. The maximum Gasteiger partial charge on any atom is 0.330 e. The first-order valence-corrected chi connectivity index (χ1v) is 55.9. The SMILES string of the molecule is C=P(C)(C)CC[C@H]1O[C@@H](n2cc(CC(C)=O)c(=O)[nH]c2=O)[C@H](OC)[C@@H]1O.C=P(C)(C)CC[C@H]1O[C@@H](n2cc(CC(C)=O)c(=O)[nH]c2=S)[C@H](O)[C@@H]1O.C=P(C)(C)CC[C@H]1O[C@@H](n2cc(CNC)c(=O)[nH]c2=O)[C@H](O)[C@@H]1O.C=P(C)(C)CC[C@H]1O[C@@H](n2cc(CNC)c(=O)[nH]c2=S)[C@H](O)[C@@H]1O.C=P(C)(C)CC[C@H]1O[C@@H](n2cc(OC(C)=O)c(=O)[nH]c2=O)[C@H](O)[C@@H]1O. The first-order chi connectivity index (χ1) is 57.3. The summed E-state index contributed by atoms with van der Waals surface area (Å²) < 4.78 is 45.4. The van der Waals surface area contributed by atoms with Gasteiger partial charge in [0.05, 0.1) is 36.7 Å². The minimum Gasteiger partial charge on any atom is -0.419 e. The van der Waals surface area contributed by atoms with E-state index in [9.17, 15) is 98.7 Å². The zero-order valence-corrected chi connectivity index (χ0v) is 79.1. The summed E-state index contributed by atoms with van der Waals surface area (Å²) in [5.74, 6) is -1.49. The Morgan fingerprint density at radius 3 is 0.944 bits per heavy atom. The number of aromatic amines is 5. The molecule has 5 aliphatic heterocycles. The van der Waals surface area contributed by atoms with Crippen molar-refractivity contribution >= 4 is 108 Å². The molecule has 124 heavy (non-hydrogen) atoms. The molecule has 0 saturated carbocycles. The molecule has 16 N–H and O–H groups in total. The molecule has 0 aromatic carbocycles. The minimum absolute atomic E-state index is 0.0417. The molecule has 39 nitrogen and oxygen atoms in total. The number of aliphatic hydroxyl groups is 9. The van der Waals surface area contributed by atoms with E-state index in [0.717, 1.165) is 53.1 Å². The van der Waals surface area contributed by atoms with Gasteiger partial charge in [0, 0.05) is 87.0 Å². The third kappa shape index (κ3) is 30.5. The summed E-state index contributed by atoms with van der Waals surface area (Å²) in [7, 11) is 4.84. The van der Waals surface area contributed by atoms with Gasteiger partial charge in [-0.05, 0) is 182 Å². The number of carbonyl (C=O) groups excluding carboxylic acids is 3. The first kappa shape index (κ1) is 107. The molecule has 698 valence electrons. The molecule has 10 heterocycles. The number of Topliss-reactive ketones (excluding diaryl/α,β-unsaturated/α-hetero) is 2. The lowest BCUT2D eigenvalue weighted by atomic mass is 10.1. The van der Waals surface area contributed by atoms with E-state index in [1.54, 1.807) is 20.3 Å². The fourth-order valence-corrected chi connectivity index (χ4v) is 19.0. The highest BCUT2D eigenvalue weighted by Gasteiger charge is 2.49. The summed E-state index contributed by atoms with van der Waals surface area (Å²) in [4.78, 5) is 141. The van der Waals surface area contributed by atoms with Crippen molar-refractivity contribution in [3.8, 4) is 5.75 Å². The van der Waals surface area contributed by atoms with Crippen molar-refractivity contribution in [1.29, 1.82) is 0 Å². The molecule has 0 unspecified atom stereocenters. The molecular formula is C78H127N12O27P5S2. The third-order valence-corrected chi connectivity index (χ3v) is 28.3. The van der Waals surface area contributed by atoms with Crippen LogP contribution in [0.3, 0.4) is 0 Å². The second-order valence-electron chi connectivity index (χ2n) is 35.0. The predicted molar refractivity (Wildman–Crippen MR) is 493 cm³/mol. The van der Waals surface area contributed by atoms with Crippen LogP contribution in [0.2, 0.25) is 0 Å². The van der Waals surface area contributed by atoms with Crippen LogP contribution in [0, 0.1) is 9.54 Å². The van der Waals surface area contributed by atoms with Gasteiger partial charge < -0.3 is 89.8 Å². The van der Waals surface area contributed by atoms with Gasteiger partial charge in [0.15, 0.2) is 40.7 Å². The van der Waals surface area contributed by atoms with Gasteiger partial charge >= 0.3 is 23.0 Å². The lowest BCUT2D eigenvalue weighted by Gasteiger charge is -2.20. The molecule has 5 aromatic rings. The van der Waals surface area contributed by atoms with E-state index in [0.29, 0.717) is 49.8 Å². The molecule has 5 fully saturated rings. The second-order valence-corrected chi connectivity index (χ2v) is 57.4. The van der Waals surface area contributed by atoms with Gasteiger partial charge in [0.1, 0.15) is 72.6 Å². The molecule has 46 heteroatoms. The molecule has 5 saturated heterocycles. The molecule has 5 aliphatic rings. The van der Waals surface area contributed by atoms with Crippen LogP contribution in [0.1, 0.15) is 106 Å². The summed E-state index contributed by atoms with van der Waals surface area (Å²) in [6, 6.07) is 0. The minimum atomic E-state index is -1.37. The smallest absolute Gasteiger partial charge is 0.330 e. The average molecular weight is 1880 g/mol. The number of nitrogens with zero attached hydrogens (tertiary/aromatic N) is 5. The van der Waals surface area contributed by atoms with Crippen LogP contribution in [-0.4, -0.2) is 353 Å². The van der Waals surface area contributed by atoms with Crippen molar-refractivity contribution in [2.75, 3.05) is 119 Å². The van der Waals surface area contributed by atoms with Gasteiger partial charge in [-0.15, -0.1) is 65.9 Å². The molecule has 5 aromatic heterocycles. The Labute approximate surface area is 727 Å². The fraction of sp³-hybridized carbons (Fsp3) is 0.641. The average Bonchev–Trinajstić information content (AvgIpc) is 1.65. The highest BCUT2D eigenvalue weighted by atomic mass is 32.1. The van der Waals surface area contributed by atoms with E-state index >= 15 is 0 Å². The van der Waals surface area contributed by atoms with Crippen molar-refractivity contribution in [2.45, 2.75) is 202 Å². The maximum atomic E-state index is 12.3. The Kier molecular flexibility index (Phi) is 39.1. The van der Waals surface area contributed by atoms with Crippen LogP contribution < -0.4 is 60.2 Å². The van der Waals surface area contributed by atoms with E-state index < -0.39 is 208 Å². The number of nitrogens with one attached hydrogen (secondary N) is 7. The van der Waals surface area contributed by atoms with Gasteiger partial charge in [-0.25, -0.2) is 14.4 Å². The standard InChI is InChI=1S/C17H27N2O6P.C16H25N2O5PS.C15H26N3O5P.C15H26N3O4PS.C15H23N2O7P/c1-10(20)8-11-9-19(17(23)18-15(11)22)16-14(24-2)13(21)12(25-16)6-7-26(3,4)5;1-9(19)7-10-8-18(16(25)17-14(10)22)15-13(21)12(20)11(23-15)5-6-24(2,3)4;1-16-7-9-8-18(15(22)17-13(9)21)14-12(20)11(19)10(23-14)5-6-24(2,3)4;1-16-7-9-8-18(15(24)17-13(9)21)14-12(20)11(19)10(22-14)5-6-23(2,3)4;1-8(18)23-10-7-17(15(22)16-13(10)21)14-12(20)11(19)9(24-14)5-6-25(2,3)4/h9,12-14,16,21H,3,6-8H2,1-2,4-5H3,(H,18,22,23);8,11-13,15,20-21H,2,5-7H2,1,3-4H3,(H,17,22,25);8,10-12,14,16,19-20H,2,5-7H2,1,3-4H3,(H,17,21,22);8,10-12,14,16,19-20H,2,5-7H2,1,3-4H3,(H,17,21,24);7,9,11-12,14,19-20H,2,5-6H2,1,3-4H3,(H,16,21,22)/t12-,13-,14-,16-;11-,12-,13-,15-;2*10-,11-,12-,14-;9-,11-,12-,14-/m11111/s1. The molecule has 0 amide bonds. The molecular weight excluding hydrogens is 1760 g/mol. The van der Waals surface area contributed by atoms with Crippen LogP contribution in [0.15, 0.2) is 69.3 Å². The summed E-state index contributed by atoms with van der Waals surface area (Å²) >= 11 is 10.3. The number of esters is 1. The van der Waals surface area contributed by atoms with E-state index in [4.69, 9.17) is 57.6 Å². The third-order valence-electron chi connectivity index (χ3n) is 20.4. The quantitative estimate of drug-likeness (QED) is 0.0153. The summed E-state index contributed by atoms with van der Waals surface area (Å²) in [5, 5.41) is 98.5. The number of carbonyl (C=O) groups is 3. The van der Waals surface area contributed by atoms with Crippen LogP contribution in [0.4, 0.5) is 0 Å². The molecule has 20 atom stereocenters. The highest BCUT2D eigenvalue weighted by molar-refractivity contribution is 7.73. The molecule has 0 aliphatic carbocycles. The van der Waals surface area contributed by atoms with E-state index in [-0.39, 0.29) is 57.2 Å². The Hall–Kier alpha value is -6.13. The predicted octanol–water partition coefficient (Wildman–Crippen LogP) is -0.705. The van der Waals surface area contributed by atoms with E-state index in [2.05, 4.69) is 115 Å². The van der Waals surface area contributed by atoms with Gasteiger partial charge in [-0.1, -0.05) is 0 Å². The number of ketones is 2.